The Labute approximate surface area is 493 Å². The van der Waals surface area contributed by atoms with Crippen LogP contribution in [0.15, 0.2) is 25.0 Å². The van der Waals surface area contributed by atoms with E-state index in [4.69, 9.17) is 47.4 Å². The van der Waals surface area contributed by atoms with Gasteiger partial charge in [0.2, 0.25) is 0 Å². The molecule has 0 bridgehead atoms. The van der Waals surface area contributed by atoms with E-state index in [-0.39, 0.29) is 59.0 Å². The molecule has 0 spiro atoms. The van der Waals surface area contributed by atoms with Gasteiger partial charge in [0.15, 0.2) is 24.9 Å². The van der Waals surface area contributed by atoms with Gasteiger partial charge < -0.3 is 56.8 Å². The van der Waals surface area contributed by atoms with E-state index in [9.17, 15) is 28.8 Å². The minimum absolute atomic E-state index is 0.00458. The van der Waals surface area contributed by atoms with Gasteiger partial charge in [-0.05, 0) is 152 Å². The Bertz CT molecular complexity index is 1890. The zero-order valence-corrected chi connectivity index (χ0v) is 55.5. The molecule has 0 fully saturated rings. The van der Waals surface area contributed by atoms with Crippen LogP contribution in [-0.4, -0.2) is 212 Å². The van der Waals surface area contributed by atoms with Gasteiger partial charge >= 0.3 is 35.8 Å². The highest BCUT2D eigenvalue weighted by Gasteiger charge is 2.24. The molecule has 7 unspecified atom stereocenters. The number of nitrogens with zero attached hydrogens (tertiary/aromatic N) is 5. The predicted octanol–water partition coefficient (Wildman–Crippen LogP) is 8.53. The maximum atomic E-state index is 11.7. The first kappa shape index (κ1) is 85.7. The Morgan fingerprint density at radius 2 is 0.817 bits per heavy atom. The van der Waals surface area contributed by atoms with Crippen molar-refractivity contribution < 1.29 is 85.6 Å². The number of esters is 6. The van der Waals surface area contributed by atoms with Crippen molar-refractivity contribution in [1.82, 2.24) is 0 Å². The van der Waals surface area contributed by atoms with Crippen LogP contribution in [0.4, 0.5) is 0 Å². The van der Waals surface area contributed by atoms with E-state index in [1.807, 2.05) is 82.4 Å². The summed E-state index contributed by atoms with van der Waals surface area (Å²) in [5.74, 6) is -3.69. The molecule has 0 amide bonds. The first-order valence-electron chi connectivity index (χ1n) is 27.4. The van der Waals surface area contributed by atoms with Crippen molar-refractivity contribution in [2.75, 3.05) is 74.7 Å². The van der Waals surface area contributed by atoms with Crippen LogP contribution in [0.25, 0.3) is 0 Å². The third-order valence-electron chi connectivity index (χ3n) is 8.53. The van der Waals surface area contributed by atoms with Crippen LogP contribution >= 0.6 is 0 Å². The highest BCUT2D eigenvalue weighted by molar-refractivity contribution is 5.82. The summed E-state index contributed by atoms with van der Waals surface area (Å²) in [6.45, 7) is 47.0. The van der Waals surface area contributed by atoms with E-state index in [2.05, 4.69) is 76.0 Å². The van der Waals surface area contributed by atoms with Crippen LogP contribution in [0.2, 0.25) is 0 Å². The Kier molecular flexibility index (Phi) is 48.4. The summed E-state index contributed by atoms with van der Waals surface area (Å²) < 4.78 is 59.4. The lowest BCUT2D eigenvalue weighted by Crippen LogP contribution is -2.31. The molecule has 0 aliphatic heterocycles. The quantitative estimate of drug-likeness (QED) is 0.0322. The number of carbonyl (C=O) groups is 6. The molecular formula is C59H111N5O18. The number of hydrogen-bond acceptors (Lipinski definition) is 23. The molecule has 0 saturated heterocycles. The Hall–Kier alpha value is -5.07. The lowest BCUT2D eigenvalue weighted by Gasteiger charge is -2.17. The largest absolute Gasteiger partial charge is 0.457 e. The fourth-order valence-corrected chi connectivity index (χ4v) is 4.17. The van der Waals surface area contributed by atoms with Gasteiger partial charge in [-0.25, -0.2) is 24.0 Å². The van der Waals surface area contributed by atoms with Crippen molar-refractivity contribution in [3.63, 3.8) is 0 Å². The summed E-state index contributed by atoms with van der Waals surface area (Å²) in [5.41, 5.74) is -0.657. The zero-order valence-electron chi connectivity index (χ0n) is 55.5. The van der Waals surface area contributed by atoms with Gasteiger partial charge in [-0.1, -0.05) is 13.8 Å². The second-order valence-corrected chi connectivity index (χ2v) is 23.7. The monoisotopic (exact) mass is 1180 g/mol. The van der Waals surface area contributed by atoms with E-state index < -0.39 is 72.9 Å². The van der Waals surface area contributed by atoms with Crippen molar-refractivity contribution >= 4 is 66.9 Å². The van der Waals surface area contributed by atoms with Crippen molar-refractivity contribution in [3.8, 4) is 0 Å². The molecule has 0 rings (SSSR count). The molecule has 82 heavy (non-hydrogen) atoms. The van der Waals surface area contributed by atoms with Gasteiger partial charge in [0.25, 0.3) is 0 Å². The maximum absolute atomic E-state index is 11.7. The third kappa shape index (κ3) is 65.7. The summed E-state index contributed by atoms with van der Waals surface area (Å²) in [6, 6.07) is 0. The van der Waals surface area contributed by atoms with Gasteiger partial charge in [0.05, 0.1) is 72.2 Å². The third-order valence-corrected chi connectivity index (χ3v) is 8.53. The Balaban J connectivity index is -0.000000304. The van der Waals surface area contributed by atoms with Crippen LogP contribution in [0.3, 0.4) is 0 Å². The zero-order chi connectivity index (χ0) is 65.1. The minimum atomic E-state index is -0.965. The summed E-state index contributed by atoms with van der Waals surface area (Å²) >= 11 is 0. The van der Waals surface area contributed by atoms with E-state index >= 15 is 0 Å². The molecule has 0 N–H and O–H groups in total. The van der Waals surface area contributed by atoms with Crippen LogP contribution in [0.5, 0.6) is 0 Å². The van der Waals surface area contributed by atoms with Gasteiger partial charge in [-0.3, -0.25) is 29.8 Å². The summed E-state index contributed by atoms with van der Waals surface area (Å²) in [5, 5.41) is 0. The van der Waals surface area contributed by atoms with E-state index in [0.29, 0.717) is 26.4 Å². The Morgan fingerprint density at radius 3 is 1.20 bits per heavy atom. The maximum Gasteiger partial charge on any atom is 0.347 e. The average molecular weight is 1180 g/mol. The number of hydrogen-bond donors (Lipinski definition) is 0. The molecule has 7 atom stereocenters. The van der Waals surface area contributed by atoms with Crippen molar-refractivity contribution in [2.24, 2.45) is 30.9 Å². The van der Waals surface area contributed by atoms with Crippen LogP contribution in [-0.2, 0) is 85.6 Å². The minimum Gasteiger partial charge on any atom is -0.457 e. The molecule has 0 heterocycles. The molecular weight excluding hydrogens is 1070 g/mol. The molecule has 0 radical (unpaired) electrons. The number of rotatable bonds is 27. The summed E-state index contributed by atoms with van der Waals surface area (Å²) in [4.78, 5) is 89.3. The molecule has 23 nitrogen and oxygen atoms in total. The fourth-order valence-electron chi connectivity index (χ4n) is 4.17. The standard InChI is InChI=1S/C14H25NO4.C13H23NO5.C12H21NO5.C11H23NO2.C9H19NO2/c1-9(2)12(16)19-11(4)13(17)18-10(3)8-15-14(5,6)7;1-9(7-14-13(3,4)5)18-12(16)10(2)19-11(15)8-17-6;1-9(16-5)11(15)18-8-10(14)17-7-6-13-12(2,3)4;1-9(7-12-11(3,4)5)14-8-10(2)13-6;1-9(2,3)10-5-6-12-8-7-11-4/h8-11H,1-7H3;7,9-10H,8H2,1-6H3;6,9H,7-8H2,1-5H3;7,9-10H,8H2,1-6H3;5H,6-8H2,1-4H3. The molecule has 23 heteroatoms. The fraction of sp³-hybridized carbons (Fsp3) is 0.814. The normalized spacial score (nSPS) is 14.8. The van der Waals surface area contributed by atoms with E-state index in [1.165, 1.54) is 41.2 Å². The molecule has 0 saturated carbocycles. The highest BCUT2D eigenvalue weighted by atomic mass is 16.6. The number of aliphatic imine (C=N–C) groups is 5. The number of methoxy groups -OCH3 is 4. The molecule has 480 valence electrons. The molecule has 0 aromatic carbocycles. The summed E-state index contributed by atoms with van der Waals surface area (Å²) in [6.07, 6.45) is 5.00. The first-order valence-corrected chi connectivity index (χ1v) is 27.4. The molecule has 0 aliphatic carbocycles. The van der Waals surface area contributed by atoms with E-state index in [1.54, 1.807) is 60.6 Å². The predicted molar refractivity (Wildman–Crippen MR) is 323 cm³/mol. The molecule has 0 aliphatic rings. The highest BCUT2D eigenvalue weighted by Crippen LogP contribution is 2.10. The Morgan fingerprint density at radius 1 is 0.402 bits per heavy atom. The van der Waals surface area contributed by atoms with E-state index in [0.717, 1.165) is 0 Å². The van der Waals surface area contributed by atoms with Gasteiger partial charge in [0.1, 0.15) is 25.4 Å². The average Bonchev–Trinajstić information content (AvgIpc) is 3.34. The second-order valence-electron chi connectivity index (χ2n) is 23.7. The van der Waals surface area contributed by atoms with Crippen molar-refractivity contribution in [1.29, 1.82) is 0 Å². The summed E-state index contributed by atoms with van der Waals surface area (Å²) in [7, 11) is 6.09. The lowest BCUT2D eigenvalue weighted by molar-refractivity contribution is -0.169. The number of ether oxygens (including phenoxy) is 12. The van der Waals surface area contributed by atoms with Crippen molar-refractivity contribution in [2.45, 2.75) is 237 Å². The van der Waals surface area contributed by atoms with Crippen LogP contribution in [0, 0.1) is 5.92 Å². The SMILES string of the molecule is CC(C=NC(C)(C)C)OC(=O)C(C)OC(=O)C(C)C.COC(C)C(=O)OCC(=O)OCC=NC(C)(C)C.COC(C)COC(C)C=NC(C)(C)C.COCC(=O)OC(C)C(=O)OC(C)C=NC(C)(C)C.COCCOCC=NC(C)(C)C. The second kappa shape index (κ2) is 46.3. The number of carbonyl (C=O) groups excluding carboxylic acids is 6. The topological polar surface area (TPSA) is 275 Å². The molecule has 0 aromatic rings. The van der Waals surface area contributed by atoms with Crippen LogP contribution in [0.1, 0.15) is 166 Å². The van der Waals surface area contributed by atoms with Crippen LogP contribution < -0.4 is 0 Å². The smallest absolute Gasteiger partial charge is 0.347 e. The van der Waals surface area contributed by atoms with Gasteiger partial charge in [-0.15, -0.1) is 0 Å². The van der Waals surface area contributed by atoms with Crippen molar-refractivity contribution in [3.05, 3.63) is 0 Å². The van der Waals surface area contributed by atoms with Gasteiger partial charge in [-0.2, -0.15) is 0 Å². The molecule has 0 aromatic heterocycles. The first-order chi connectivity index (χ1) is 37.3. The van der Waals surface area contributed by atoms with Gasteiger partial charge in [0, 0.05) is 59.5 Å². The lowest BCUT2D eigenvalue weighted by atomic mass is 10.1.